The van der Waals surface area contributed by atoms with Gasteiger partial charge in [0.15, 0.2) is 11.5 Å². The molecule has 0 bridgehead atoms. The molecule has 2 aromatic carbocycles. The lowest BCUT2D eigenvalue weighted by Crippen LogP contribution is -2.35. The van der Waals surface area contributed by atoms with Crippen LogP contribution < -0.4 is 18.9 Å². The van der Waals surface area contributed by atoms with Crippen LogP contribution in [0.5, 0.6) is 17.2 Å². The second-order valence-electron chi connectivity index (χ2n) is 7.56. The predicted molar refractivity (Wildman–Crippen MR) is 124 cm³/mol. The van der Waals surface area contributed by atoms with Gasteiger partial charge in [-0.2, -0.15) is 0 Å². The van der Waals surface area contributed by atoms with E-state index in [4.69, 9.17) is 18.9 Å². The standard InChI is InChI=1S/C23H28N2O8S/c1-30-19-9-8-15(12-17(19)22(26)25-10-6-5-7-11-25)34(28,29)24-18-14-21(32-3)20(31-2)13-16(18)23(27)33-4/h8-9,12-14,24H,5-7,10-11H2,1-4H3. The topological polar surface area (TPSA) is 120 Å². The average molecular weight is 493 g/mol. The number of nitrogens with one attached hydrogen (secondary N) is 1. The number of hydrogen-bond acceptors (Lipinski definition) is 8. The smallest absolute Gasteiger partial charge is 0.340 e. The highest BCUT2D eigenvalue weighted by Crippen LogP contribution is 2.35. The maximum absolute atomic E-state index is 13.3. The van der Waals surface area contributed by atoms with Crippen molar-refractivity contribution in [3.63, 3.8) is 0 Å². The van der Waals surface area contributed by atoms with E-state index in [0.717, 1.165) is 19.3 Å². The van der Waals surface area contributed by atoms with E-state index in [1.165, 1.54) is 58.8 Å². The van der Waals surface area contributed by atoms with Crippen molar-refractivity contribution in [1.82, 2.24) is 4.90 Å². The van der Waals surface area contributed by atoms with Crippen molar-refractivity contribution in [2.75, 3.05) is 46.3 Å². The predicted octanol–water partition coefficient (Wildman–Crippen LogP) is 2.93. The zero-order valence-corrected chi connectivity index (χ0v) is 20.4. The van der Waals surface area contributed by atoms with Crippen LogP contribution in [0.3, 0.4) is 0 Å². The summed E-state index contributed by atoms with van der Waals surface area (Å²) < 4.78 is 49.5. The molecule has 1 saturated heterocycles. The third kappa shape index (κ3) is 5.19. The monoisotopic (exact) mass is 492 g/mol. The zero-order valence-electron chi connectivity index (χ0n) is 19.5. The lowest BCUT2D eigenvalue weighted by atomic mass is 10.1. The van der Waals surface area contributed by atoms with Crippen LogP contribution >= 0.6 is 0 Å². The molecule has 11 heteroatoms. The minimum atomic E-state index is -4.21. The largest absolute Gasteiger partial charge is 0.496 e. The molecule has 1 N–H and O–H groups in total. The number of amides is 1. The maximum Gasteiger partial charge on any atom is 0.340 e. The van der Waals surface area contributed by atoms with E-state index >= 15 is 0 Å². The van der Waals surface area contributed by atoms with Crippen molar-refractivity contribution in [3.8, 4) is 17.2 Å². The molecule has 0 aliphatic carbocycles. The summed E-state index contributed by atoms with van der Waals surface area (Å²) in [6.07, 6.45) is 2.83. The van der Waals surface area contributed by atoms with Crippen LogP contribution in [0.2, 0.25) is 0 Å². The Kier molecular flexibility index (Phi) is 7.87. The number of nitrogens with zero attached hydrogens (tertiary/aromatic N) is 1. The fourth-order valence-corrected chi connectivity index (χ4v) is 4.83. The molecule has 0 saturated carbocycles. The molecule has 2 aromatic rings. The molecule has 1 heterocycles. The minimum absolute atomic E-state index is 0.0655. The Labute approximate surface area is 198 Å². The van der Waals surface area contributed by atoms with Gasteiger partial charge < -0.3 is 23.8 Å². The van der Waals surface area contributed by atoms with Crippen LogP contribution in [0.25, 0.3) is 0 Å². The van der Waals surface area contributed by atoms with Crippen LogP contribution in [-0.4, -0.2) is 66.7 Å². The second kappa shape index (κ2) is 10.6. The quantitative estimate of drug-likeness (QED) is 0.559. The SMILES string of the molecule is COC(=O)c1cc(OC)c(OC)cc1NS(=O)(=O)c1ccc(OC)c(C(=O)N2CCCCC2)c1. The molecule has 34 heavy (non-hydrogen) atoms. The first-order chi connectivity index (χ1) is 16.2. The third-order valence-electron chi connectivity index (χ3n) is 5.53. The molecule has 0 radical (unpaired) electrons. The molecule has 184 valence electrons. The molecule has 1 amide bonds. The molecule has 0 spiro atoms. The van der Waals surface area contributed by atoms with E-state index in [-0.39, 0.29) is 44.9 Å². The van der Waals surface area contributed by atoms with Crippen molar-refractivity contribution >= 4 is 27.6 Å². The number of carbonyl (C=O) groups is 2. The van der Waals surface area contributed by atoms with Crippen molar-refractivity contribution in [2.45, 2.75) is 24.2 Å². The molecule has 0 atom stereocenters. The molecular formula is C23H28N2O8S. The van der Waals surface area contributed by atoms with Crippen molar-refractivity contribution in [3.05, 3.63) is 41.5 Å². The Morgan fingerprint density at radius 3 is 2.03 bits per heavy atom. The maximum atomic E-state index is 13.3. The van der Waals surface area contributed by atoms with Crippen LogP contribution in [0, 0.1) is 0 Å². The van der Waals surface area contributed by atoms with E-state index in [0.29, 0.717) is 13.1 Å². The van der Waals surface area contributed by atoms with Gasteiger partial charge in [-0.05, 0) is 37.5 Å². The van der Waals surface area contributed by atoms with Crippen molar-refractivity contribution in [2.24, 2.45) is 0 Å². The Morgan fingerprint density at radius 2 is 1.44 bits per heavy atom. The van der Waals surface area contributed by atoms with Gasteiger partial charge in [-0.3, -0.25) is 9.52 Å². The van der Waals surface area contributed by atoms with Crippen LogP contribution in [0.4, 0.5) is 5.69 Å². The van der Waals surface area contributed by atoms with E-state index in [2.05, 4.69) is 4.72 Å². The zero-order chi connectivity index (χ0) is 24.9. The molecule has 0 aromatic heterocycles. The molecule has 1 fully saturated rings. The first-order valence-electron chi connectivity index (χ1n) is 10.6. The number of piperidine rings is 1. The van der Waals surface area contributed by atoms with Gasteiger partial charge in [0.1, 0.15) is 5.75 Å². The summed E-state index contributed by atoms with van der Waals surface area (Å²) in [7, 11) is 1.16. The highest BCUT2D eigenvalue weighted by atomic mass is 32.2. The summed E-state index contributed by atoms with van der Waals surface area (Å²) >= 11 is 0. The van der Waals surface area contributed by atoms with E-state index in [1.54, 1.807) is 4.90 Å². The molecule has 10 nitrogen and oxygen atoms in total. The number of ether oxygens (including phenoxy) is 4. The highest BCUT2D eigenvalue weighted by molar-refractivity contribution is 7.92. The van der Waals surface area contributed by atoms with E-state index in [1.807, 2.05) is 0 Å². The number of sulfonamides is 1. The molecule has 3 rings (SSSR count). The first kappa shape index (κ1) is 25.2. The van der Waals surface area contributed by atoms with E-state index < -0.39 is 16.0 Å². The normalized spacial score (nSPS) is 13.7. The highest BCUT2D eigenvalue weighted by Gasteiger charge is 2.26. The summed E-state index contributed by atoms with van der Waals surface area (Å²) in [5.41, 5.74) is 0.0128. The number of benzene rings is 2. The minimum Gasteiger partial charge on any atom is -0.496 e. The number of rotatable bonds is 8. The van der Waals surface area contributed by atoms with Gasteiger partial charge in [0.05, 0.1) is 50.1 Å². The van der Waals surface area contributed by atoms with E-state index in [9.17, 15) is 18.0 Å². The first-order valence-corrected chi connectivity index (χ1v) is 12.1. The van der Waals surface area contributed by atoms with Crippen LogP contribution in [-0.2, 0) is 14.8 Å². The average Bonchev–Trinajstić information content (AvgIpc) is 2.87. The summed E-state index contributed by atoms with van der Waals surface area (Å²) in [5, 5.41) is 0. The van der Waals surface area contributed by atoms with Gasteiger partial charge in [-0.25, -0.2) is 13.2 Å². The summed E-state index contributed by atoms with van der Waals surface area (Å²) in [4.78, 5) is 26.9. The lowest BCUT2D eigenvalue weighted by Gasteiger charge is -2.27. The Hall–Kier alpha value is -3.47. The van der Waals surface area contributed by atoms with Gasteiger partial charge in [0.25, 0.3) is 15.9 Å². The summed E-state index contributed by atoms with van der Waals surface area (Å²) in [6, 6.07) is 6.68. The van der Waals surface area contributed by atoms with Crippen molar-refractivity contribution < 1.29 is 37.0 Å². The summed E-state index contributed by atoms with van der Waals surface area (Å²) in [5.74, 6) is -0.353. The molecule has 1 aliphatic heterocycles. The lowest BCUT2D eigenvalue weighted by molar-refractivity contribution is 0.0601. The number of likely N-dealkylation sites (tertiary alicyclic amines) is 1. The third-order valence-corrected chi connectivity index (χ3v) is 6.89. The number of esters is 1. The summed E-state index contributed by atoms with van der Waals surface area (Å²) in [6.45, 7) is 1.21. The Bertz CT molecular complexity index is 1170. The van der Waals surface area contributed by atoms with Gasteiger partial charge in [-0.1, -0.05) is 0 Å². The molecular weight excluding hydrogens is 464 g/mol. The second-order valence-corrected chi connectivity index (χ2v) is 9.25. The number of anilines is 1. The van der Waals surface area contributed by atoms with Gasteiger partial charge in [0, 0.05) is 25.2 Å². The Balaban J connectivity index is 2.02. The number of hydrogen-bond donors (Lipinski definition) is 1. The van der Waals surface area contributed by atoms with Gasteiger partial charge in [-0.15, -0.1) is 0 Å². The molecule has 0 unspecified atom stereocenters. The van der Waals surface area contributed by atoms with Gasteiger partial charge in [0.2, 0.25) is 0 Å². The fourth-order valence-electron chi connectivity index (χ4n) is 3.73. The molecule has 1 aliphatic rings. The fraction of sp³-hybridized carbons (Fsp3) is 0.391. The van der Waals surface area contributed by atoms with Crippen LogP contribution in [0.1, 0.15) is 40.0 Å². The Morgan fingerprint density at radius 1 is 0.824 bits per heavy atom. The van der Waals surface area contributed by atoms with Crippen LogP contribution in [0.15, 0.2) is 35.2 Å². The number of carbonyl (C=O) groups excluding carboxylic acids is 2. The van der Waals surface area contributed by atoms with Crippen molar-refractivity contribution in [1.29, 1.82) is 0 Å². The number of methoxy groups -OCH3 is 4. The van der Waals surface area contributed by atoms with Gasteiger partial charge >= 0.3 is 5.97 Å².